The molecule has 1 N–H and O–H groups in total. The third kappa shape index (κ3) is 4.87. The largest absolute Gasteiger partial charge is 0.481 e. The molecule has 0 radical (unpaired) electrons. The van der Waals surface area contributed by atoms with Crippen LogP contribution in [0.3, 0.4) is 0 Å². The first kappa shape index (κ1) is 16.6. The minimum Gasteiger partial charge on any atom is -0.481 e. The number of quaternary nitrogens is 1. The van der Waals surface area contributed by atoms with Crippen LogP contribution in [-0.2, 0) is 11.3 Å². The molecule has 0 atom stereocenters. The molecule has 0 amide bonds. The van der Waals surface area contributed by atoms with E-state index in [-0.39, 0.29) is 6.42 Å². The molecule has 0 aliphatic carbocycles. The number of aliphatic carboxylic acids is 1. The van der Waals surface area contributed by atoms with Crippen molar-refractivity contribution < 1.29 is 14.4 Å². The molecule has 0 saturated carbocycles. The summed E-state index contributed by atoms with van der Waals surface area (Å²) in [6.45, 7) is 4.09. The Morgan fingerprint density at radius 1 is 1.14 bits per heavy atom. The van der Waals surface area contributed by atoms with Crippen LogP contribution in [0.5, 0.6) is 0 Å². The van der Waals surface area contributed by atoms with E-state index in [1.165, 1.54) is 24.8 Å². The van der Waals surface area contributed by atoms with Gasteiger partial charge in [0.05, 0.1) is 36.1 Å². The number of carbonyl (C=O) groups is 1. The van der Waals surface area contributed by atoms with Gasteiger partial charge in [0.15, 0.2) is 0 Å². The maximum atomic E-state index is 10.7. The van der Waals surface area contributed by atoms with Crippen LogP contribution in [0, 0.1) is 0 Å². The molecule has 1 aliphatic rings. The molecule has 2 rings (SSSR count). The van der Waals surface area contributed by atoms with Gasteiger partial charge in [-0.3, -0.25) is 4.79 Å². The highest BCUT2D eigenvalue weighted by Gasteiger charge is 2.30. The van der Waals surface area contributed by atoms with Gasteiger partial charge in [-0.15, -0.1) is 0 Å². The highest BCUT2D eigenvalue weighted by atomic mass is 35.5. The van der Waals surface area contributed by atoms with Gasteiger partial charge in [-0.1, -0.05) is 29.3 Å². The van der Waals surface area contributed by atoms with E-state index in [0.717, 1.165) is 37.1 Å². The lowest BCUT2D eigenvalue weighted by molar-refractivity contribution is -0.945. The fourth-order valence-corrected chi connectivity index (χ4v) is 3.56. The van der Waals surface area contributed by atoms with Crippen LogP contribution in [0.1, 0.15) is 37.7 Å². The number of carboxylic acids is 1. The molecular formula is C16H22Cl2NO2+. The number of likely N-dealkylation sites (tertiary alicyclic amines) is 1. The molecule has 0 spiro atoms. The molecule has 1 fully saturated rings. The van der Waals surface area contributed by atoms with Crippen molar-refractivity contribution in [3.63, 3.8) is 0 Å². The van der Waals surface area contributed by atoms with Crippen LogP contribution in [0.2, 0.25) is 10.0 Å². The summed E-state index contributed by atoms with van der Waals surface area (Å²) in [5.74, 6) is -0.709. The number of benzene rings is 1. The summed E-state index contributed by atoms with van der Waals surface area (Å²) in [6.07, 6.45) is 4.70. The summed E-state index contributed by atoms with van der Waals surface area (Å²) in [5, 5.41) is 10.0. The smallest absolute Gasteiger partial charge is 0.303 e. The Hall–Kier alpha value is -0.770. The van der Waals surface area contributed by atoms with Gasteiger partial charge in [0, 0.05) is 12.0 Å². The number of carboxylic acid groups (broad SMARTS) is 1. The van der Waals surface area contributed by atoms with Crippen molar-refractivity contribution >= 4 is 29.2 Å². The quantitative estimate of drug-likeness (QED) is 0.787. The number of halogens is 2. The van der Waals surface area contributed by atoms with E-state index >= 15 is 0 Å². The Kier molecular flexibility index (Phi) is 5.91. The lowest BCUT2D eigenvalue weighted by Gasteiger charge is -2.42. The number of piperidine rings is 1. The van der Waals surface area contributed by atoms with E-state index in [1.54, 1.807) is 0 Å². The predicted octanol–water partition coefficient (Wildman–Crippen LogP) is 4.36. The van der Waals surface area contributed by atoms with Crippen LogP contribution in [0.15, 0.2) is 18.2 Å². The maximum Gasteiger partial charge on any atom is 0.303 e. The average molecular weight is 331 g/mol. The Morgan fingerprint density at radius 2 is 1.86 bits per heavy atom. The number of hydrogen-bond acceptors (Lipinski definition) is 1. The molecule has 1 aromatic carbocycles. The first-order chi connectivity index (χ1) is 10.0. The molecule has 116 valence electrons. The van der Waals surface area contributed by atoms with E-state index in [2.05, 4.69) is 0 Å². The third-order valence-corrected chi connectivity index (χ3v) is 5.03. The van der Waals surface area contributed by atoms with Gasteiger partial charge in [0.25, 0.3) is 0 Å². The molecule has 1 aromatic rings. The molecule has 5 heteroatoms. The minimum absolute atomic E-state index is 0.251. The van der Waals surface area contributed by atoms with Gasteiger partial charge in [0.2, 0.25) is 0 Å². The fraction of sp³-hybridized carbons (Fsp3) is 0.562. The van der Waals surface area contributed by atoms with Crippen molar-refractivity contribution in [1.29, 1.82) is 0 Å². The zero-order valence-electron chi connectivity index (χ0n) is 12.2. The van der Waals surface area contributed by atoms with Crippen molar-refractivity contribution in [3.8, 4) is 0 Å². The predicted molar refractivity (Wildman–Crippen MR) is 85.7 cm³/mol. The summed E-state index contributed by atoms with van der Waals surface area (Å²) in [7, 11) is 0. The molecule has 21 heavy (non-hydrogen) atoms. The summed E-state index contributed by atoms with van der Waals surface area (Å²) >= 11 is 12.1. The van der Waals surface area contributed by atoms with Crippen molar-refractivity contribution in [2.75, 3.05) is 19.6 Å². The number of nitrogens with zero attached hydrogens (tertiary/aromatic N) is 1. The first-order valence-corrected chi connectivity index (χ1v) is 8.27. The molecule has 1 aliphatic heterocycles. The Labute approximate surface area is 136 Å². The van der Waals surface area contributed by atoms with E-state index < -0.39 is 5.97 Å². The highest BCUT2D eigenvalue weighted by molar-refractivity contribution is 6.42. The summed E-state index contributed by atoms with van der Waals surface area (Å²) in [6, 6.07) is 5.81. The van der Waals surface area contributed by atoms with Crippen LogP contribution in [0.4, 0.5) is 0 Å². The van der Waals surface area contributed by atoms with Gasteiger partial charge < -0.3 is 9.59 Å². The van der Waals surface area contributed by atoms with Crippen molar-refractivity contribution in [1.82, 2.24) is 0 Å². The lowest BCUT2D eigenvalue weighted by atomic mass is 10.0. The number of rotatable bonds is 6. The van der Waals surface area contributed by atoms with Gasteiger partial charge >= 0.3 is 5.97 Å². The zero-order valence-corrected chi connectivity index (χ0v) is 13.7. The topological polar surface area (TPSA) is 37.3 Å². The van der Waals surface area contributed by atoms with E-state index in [1.807, 2.05) is 18.2 Å². The lowest BCUT2D eigenvalue weighted by Crippen LogP contribution is -2.51. The van der Waals surface area contributed by atoms with Crippen LogP contribution < -0.4 is 0 Å². The van der Waals surface area contributed by atoms with E-state index in [0.29, 0.717) is 10.0 Å². The zero-order chi connectivity index (χ0) is 15.3. The van der Waals surface area contributed by atoms with Crippen molar-refractivity contribution in [2.45, 2.75) is 38.6 Å². The molecule has 0 unspecified atom stereocenters. The van der Waals surface area contributed by atoms with Crippen LogP contribution >= 0.6 is 23.2 Å². The van der Waals surface area contributed by atoms with Gasteiger partial charge in [-0.25, -0.2) is 0 Å². The molecule has 3 nitrogen and oxygen atoms in total. The molecular weight excluding hydrogens is 309 g/mol. The highest BCUT2D eigenvalue weighted by Crippen LogP contribution is 2.27. The van der Waals surface area contributed by atoms with E-state index in [4.69, 9.17) is 28.3 Å². The standard InChI is InChI=1S/C16H21Cl2NO2/c17-14-7-6-13(11-15(14)18)12-19(8-2-1-3-9-19)10-4-5-16(20)21/h6-7,11H,1-5,8-10,12H2/p+1. The fourth-order valence-electron chi connectivity index (χ4n) is 3.23. The monoisotopic (exact) mass is 330 g/mol. The second-order valence-electron chi connectivity index (χ2n) is 5.98. The summed E-state index contributed by atoms with van der Waals surface area (Å²) in [4.78, 5) is 10.7. The first-order valence-electron chi connectivity index (χ1n) is 7.52. The third-order valence-electron chi connectivity index (χ3n) is 4.29. The van der Waals surface area contributed by atoms with Crippen molar-refractivity contribution in [2.24, 2.45) is 0 Å². The SMILES string of the molecule is O=C(O)CCC[N+]1(Cc2ccc(Cl)c(Cl)c2)CCCCC1. The summed E-state index contributed by atoms with van der Waals surface area (Å²) < 4.78 is 0.977. The molecule has 0 bridgehead atoms. The number of hydrogen-bond donors (Lipinski definition) is 1. The maximum absolute atomic E-state index is 10.7. The second kappa shape index (κ2) is 7.48. The minimum atomic E-state index is -0.709. The summed E-state index contributed by atoms with van der Waals surface area (Å²) in [5.41, 5.74) is 1.18. The van der Waals surface area contributed by atoms with Gasteiger partial charge in [-0.05, 0) is 31.4 Å². The second-order valence-corrected chi connectivity index (χ2v) is 6.79. The van der Waals surface area contributed by atoms with Gasteiger partial charge in [0.1, 0.15) is 6.54 Å². The van der Waals surface area contributed by atoms with Crippen LogP contribution in [0.25, 0.3) is 0 Å². The van der Waals surface area contributed by atoms with Crippen molar-refractivity contribution in [3.05, 3.63) is 33.8 Å². The molecule has 0 aromatic heterocycles. The van der Waals surface area contributed by atoms with Crippen LogP contribution in [-0.4, -0.2) is 35.2 Å². The Balaban J connectivity index is 2.07. The average Bonchev–Trinajstić information content (AvgIpc) is 2.43. The molecule has 1 saturated heterocycles. The van der Waals surface area contributed by atoms with Gasteiger partial charge in [-0.2, -0.15) is 0 Å². The van der Waals surface area contributed by atoms with E-state index in [9.17, 15) is 4.79 Å². The molecule has 1 heterocycles. The Morgan fingerprint density at radius 3 is 2.48 bits per heavy atom. The Bertz CT molecular complexity index is 499. The normalized spacial score (nSPS) is 17.6.